The SMILES string of the molecule is Cc1cc(C(=O)Nc2ccccc2-c2nc3ccccc3[nH]2)n(C)n1. The first-order chi connectivity index (χ1) is 12.1. The van der Waals surface area contributed by atoms with Crippen molar-refractivity contribution in [2.75, 3.05) is 5.32 Å². The Morgan fingerprint density at radius 3 is 2.64 bits per heavy atom. The second-order valence-electron chi connectivity index (χ2n) is 5.90. The van der Waals surface area contributed by atoms with Crippen LogP contribution in [-0.2, 0) is 7.05 Å². The van der Waals surface area contributed by atoms with E-state index in [2.05, 4.69) is 20.4 Å². The summed E-state index contributed by atoms with van der Waals surface area (Å²) >= 11 is 0. The van der Waals surface area contributed by atoms with Gasteiger partial charge in [0.2, 0.25) is 0 Å². The number of nitrogens with zero attached hydrogens (tertiary/aromatic N) is 3. The highest BCUT2D eigenvalue weighted by molar-refractivity contribution is 6.05. The number of anilines is 1. The summed E-state index contributed by atoms with van der Waals surface area (Å²) in [6.45, 7) is 1.86. The molecular formula is C19H17N5O. The molecule has 0 atom stereocenters. The Bertz CT molecular complexity index is 1040. The molecule has 0 radical (unpaired) electrons. The summed E-state index contributed by atoms with van der Waals surface area (Å²) in [5.41, 5.74) is 4.70. The minimum atomic E-state index is -0.202. The van der Waals surface area contributed by atoms with Gasteiger partial charge in [-0.3, -0.25) is 9.48 Å². The Hall–Kier alpha value is -3.41. The Morgan fingerprint density at radius 1 is 1.12 bits per heavy atom. The van der Waals surface area contributed by atoms with E-state index >= 15 is 0 Å². The molecule has 4 rings (SSSR count). The van der Waals surface area contributed by atoms with Crippen LogP contribution in [0.5, 0.6) is 0 Å². The molecule has 6 heteroatoms. The van der Waals surface area contributed by atoms with E-state index in [1.54, 1.807) is 17.8 Å². The number of para-hydroxylation sites is 3. The summed E-state index contributed by atoms with van der Waals surface area (Å²) in [5, 5.41) is 7.18. The molecule has 0 aliphatic rings. The van der Waals surface area contributed by atoms with E-state index < -0.39 is 0 Å². The fraction of sp³-hybridized carbons (Fsp3) is 0.105. The second kappa shape index (κ2) is 5.90. The topological polar surface area (TPSA) is 75.6 Å². The number of benzene rings is 2. The molecule has 0 saturated carbocycles. The number of rotatable bonds is 3. The van der Waals surface area contributed by atoms with Crippen molar-refractivity contribution < 1.29 is 4.79 Å². The van der Waals surface area contributed by atoms with Gasteiger partial charge in [0.1, 0.15) is 11.5 Å². The van der Waals surface area contributed by atoms with Gasteiger partial charge in [-0.25, -0.2) is 4.98 Å². The number of carbonyl (C=O) groups excluding carboxylic acids is 1. The van der Waals surface area contributed by atoms with Gasteiger partial charge < -0.3 is 10.3 Å². The van der Waals surface area contributed by atoms with Crippen LogP contribution in [0.3, 0.4) is 0 Å². The second-order valence-corrected chi connectivity index (χ2v) is 5.90. The van der Waals surface area contributed by atoms with Crippen molar-refractivity contribution >= 4 is 22.6 Å². The number of aromatic nitrogens is 4. The lowest BCUT2D eigenvalue weighted by molar-refractivity contribution is 0.101. The highest BCUT2D eigenvalue weighted by Gasteiger charge is 2.15. The van der Waals surface area contributed by atoms with Crippen molar-refractivity contribution in [1.29, 1.82) is 0 Å². The maximum Gasteiger partial charge on any atom is 0.273 e. The van der Waals surface area contributed by atoms with Crippen molar-refractivity contribution in [2.45, 2.75) is 6.92 Å². The van der Waals surface area contributed by atoms with Crippen LogP contribution in [0.4, 0.5) is 5.69 Å². The molecule has 0 aliphatic heterocycles. The minimum absolute atomic E-state index is 0.202. The minimum Gasteiger partial charge on any atom is -0.338 e. The quantitative estimate of drug-likeness (QED) is 0.603. The number of hydrogen-bond acceptors (Lipinski definition) is 3. The van der Waals surface area contributed by atoms with Gasteiger partial charge in [0, 0.05) is 12.6 Å². The number of fused-ring (bicyclic) bond motifs is 1. The van der Waals surface area contributed by atoms with Crippen LogP contribution in [0, 0.1) is 6.92 Å². The molecule has 6 nitrogen and oxygen atoms in total. The van der Waals surface area contributed by atoms with Crippen molar-refractivity contribution in [3.05, 3.63) is 66.0 Å². The third-order valence-electron chi connectivity index (χ3n) is 4.05. The van der Waals surface area contributed by atoms with Gasteiger partial charge in [-0.1, -0.05) is 24.3 Å². The first-order valence-electron chi connectivity index (χ1n) is 7.98. The maximum absolute atomic E-state index is 12.6. The third-order valence-corrected chi connectivity index (χ3v) is 4.05. The van der Waals surface area contributed by atoms with Crippen LogP contribution >= 0.6 is 0 Å². The van der Waals surface area contributed by atoms with Gasteiger partial charge in [-0.15, -0.1) is 0 Å². The average Bonchev–Trinajstić information content (AvgIpc) is 3.18. The van der Waals surface area contributed by atoms with Crippen LogP contribution in [0.25, 0.3) is 22.4 Å². The lowest BCUT2D eigenvalue weighted by Crippen LogP contribution is -2.16. The van der Waals surface area contributed by atoms with Gasteiger partial charge in [0.15, 0.2) is 0 Å². The van der Waals surface area contributed by atoms with Crippen LogP contribution in [-0.4, -0.2) is 25.7 Å². The Balaban J connectivity index is 1.71. The molecule has 1 amide bonds. The molecule has 25 heavy (non-hydrogen) atoms. The summed E-state index contributed by atoms with van der Waals surface area (Å²) < 4.78 is 1.58. The van der Waals surface area contributed by atoms with Crippen LogP contribution < -0.4 is 5.32 Å². The average molecular weight is 331 g/mol. The number of H-pyrrole nitrogens is 1. The zero-order valence-corrected chi connectivity index (χ0v) is 13.9. The molecule has 0 saturated heterocycles. The first-order valence-corrected chi connectivity index (χ1v) is 7.98. The first kappa shape index (κ1) is 15.1. The molecule has 2 N–H and O–H groups in total. The number of nitrogens with one attached hydrogen (secondary N) is 2. The van der Waals surface area contributed by atoms with Gasteiger partial charge in [-0.05, 0) is 37.3 Å². The summed E-state index contributed by atoms with van der Waals surface area (Å²) in [4.78, 5) is 20.5. The molecule has 124 valence electrons. The number of carbonyl (C=O) groups is 1. The van der Waals surface area contributed by atoms with Gasteiger partial charge >= 0.3 is 0 Å². The third kappa shape index (κ3) is 2.78. The van der Waals surface area contributed by atoms with Crippen molar-refractivity contribution in [1.82, 2.24) is 19.7 Å². The number of hydrogen-bond donors (Lipinski definition) is 2. The molecule has 0 bridgehead atoms. The van der Waals surface area contributed by atoms with Crippen LogP contribution in [0.1, 0.15) is 16.2 Å². The summed E-state index contributed by atoms with van der Waals surface area (Å²) in [7, 11) is 1.76. The Kier molecular flexibility index (Phi) is 3.57. The molecule has 0 fully saturated rings. The summed E-state index contributed by atoms with van der Waals surface area (Å²) in [6.07, 6.45) is 0. The van der Waals surface area contributed by atoms with Crippen LogP contribution in [0.2, 0.25) is 0 Å². The van der Waals surface area contributed by atoms with E-state index in [1.807, 2.05) is 55.5 Å². The lowest BCUT2D eigenvalue weighted by Gasteiger charge is -2.09. The summed E-state index contributed by atoms with van der Waals surface area (Å²) in [6, 6.07) is 17.2. The zero-order chi connectivity index (χ0) is 17.4. The fourth-order valence-electron chi connectivity index (χ4n) is 2.89. The van der Waals surface area contributed by atoms with Crippen molar-refractivity contribution in [3.63, 3.8) is 0 Å². The highest BCUT2D eigenvalue weighted by Crippen LogP contribution is 2.27. The van der Waals surface area contributed by atoms with Gasteiger partial charge in [0.25, 0.3) is 5.91 Å². The van der Waals surface area contributed by atoms with E-state index in [4.69, 9.17) is 0 Å². The molecule has 0 aliphatic carbocycles. The maximum atomic E-state index is 12.6. The normalized spacial score (nSPS) is 11.0. The largest absolute Gasteiger partial charge is 0.338 e. The molecule has 2 heterocycles. The number of amides is 1. The monoisotopic (exact) mass is 331 g/mol. The summed E-state index contributed by atoms with van der Waals surface area (Å²) in [5.74, 6) is 0.518. The molecule has 2 aromatic carbocycles. The smallest absolute Gasteiger partial charge is 0.273 e. The molecule has 4 aromatic rings. The van der Waals surface area contributed by atoms with E-state index in [0.29, 0.717) is 11.4 Å². The fourth-order valence-corrected chi connectivity index (χ4v) is 2.89. The number of imidazole rings is 1. The molecule has 0 unspecified atom stereocenters. The highest BCUT2D eigenvalue weighted by atomic mass is 16.2. The Labute approximate surface area is 144 Å². The zero-order valence-electron chi connectivity index (χ0n) is 13.9. The molecule has 2 aromatic heterocycles. The number of aryl methyl sites for hydroxylation is 2. The van der Waals surface area contributed by atoms with Gasteiger partial charge in [0.05, 0.1) is 22.4 Å². The lowest BCUT2D eigenvalue weighted by atomic mass is 10.1. The van der Waals surface area contributed by atoms with Crippen LogP contribution in [0.15, 0.2) is 54.6 Å². The predicted octanol–water partition coefficient (Wildman–Crippen LogP) is 3.52. The molecule has 0 spiro atoms. The van der Waals surface area contributed by atoms with E-state index in [0.717, 1.165) is 28.1 Å². The standard InChI is InChI=1S/C19H17N5O/c1-12-11-17(24(2)23-12)19(25)22-14-8-4-3-7-13(14)18-20-15-9-5-6-10-16(15)21-18/h3-11H,1-2H3,(H,20,21)(H,22,25). The van der Waals surface area contributed by atoms with Crippen molar-refractivity contribution in [3.8, 4) is 11.4 Å². The Morgan fingerprint density at radius 2 is 1.88 bits per heavy atom. The van der Waals surface area contributed by atoms with Crippen molar-refractivity contribution in [2.24, 2.45) is 7.05 Å². The van der Waals surface area contributed by atoms with E-state index in [-0.39, 0.29) is 5.91 Å². The number of aromatic amines is 1. The van der Waals surface area contributed by atoms with E-state index in [9.17, 15) is 4.79 Å². The molecular weight excluding hydrogens is 314 g/mol. The van der Waals surface area contributed by atoms with Gasteiger partial charge in [-0.2, -0.15) is 5.10 Å². The van der Waals surface area contributed by atoms with E-state index in [1.165, 1.54) is 0 Å². The predicted molar refractivity (Wildman–Crippen MR) is 97.4 cm³/mol.